The summed E-state index contributed by atoms with van der Waals surface area (Å²) in [5.74, 6) is 0.178. The van der Waals surface area contributed by atoms with Crippen LogP contribution >= 0.6 is 36.2 Å². The molecule has 0 atom stereocenters. The van der Waals surface area contributed by atoms with Gasteiger partial charge in [0.2, 0.25) is 0 Å². The van der Waals surface area contributed by atoms with Crippen LogP contribution in [0.1, 0.15) is 21.3 Å². The summed E-state index contributed by atoms with van der Waals surface area (Å²) in [6.07, 6.45) is 1.20. The molecule has 2 aromatic heterocycles. The van der Waals surface area contributed by atoms with E-state index in [0.717, 1.165) is 5.01 Å². The molecule has 10 heteroatoms. The highest BCUT2D eigenvalue weighted by Gasteiger charge is 2.10. The first-order valence-electron chi connectivity index (χ1n) is 7.22. The van der Waals surface area contributed by atoms with Gasteiger partial charge in [-0.25, -0.2) is 14.4 Å². The van der Waals surface area contributed by atoms with E-state index in [-0.39, 0.29) is 36.5 Å². The van der Waals surface area contributed by atoms with Gasteiger partial charge in [0.25, 0.3) is 5.91 Å². The van der Waals surface area contributed by atoms with Crippen LogP contribution in [-0.2, 0) is 12.8 Å². The number of nitrogens with one attached hydrogen (secondary N) is 2. The molecule has 0 unspecified atom stereocenters. The molecule has 0 saturated heterocycles. The Kier molecular flexibility index (Phi) is 8.24. The second kappa shape index (κ2) is 9.67. The summed E-state index contributed by atoms with van der Waals surface area (Å²) in [5, 5.41) is 5.38. The number of fused-ring (bicyclic) bond motifs is 1. The van der Waals surface area contributed by atoms with Crippen molar-refractivity contribution in [3.8, 4) is 0 Å². The quantitative estimate of drug-likeness (QED) is 0.586. The van der Waals surface area contributed by atoms with Gasteiger partial charge in [-0.1, -0.05) is 0 Å². The van der Waals surface area contributed by atoms with Crippen molar-refractivity contribution in [1.29, 1.82) is 0 Å². The molecule has 25 heavy (non-hydrogen) atoms. The molecule has 136 valence electrons. The third kappa shape index (κ3) is 5.37. The molecule has 0 aliphatic carbocycles. The lowest BCUT2D eigenvalue weighted by molar-refractivity contribution is 0.0949. The number of aromatic nitrogens is 3. The number of carbonyl (C=O) groups is 1. The second-order valence-electron chi connectivity index (χ2n) is 5.02. The Morgan fingerprint density at radius 1 is 1.28 bits per heavy atom. The maximum absolute atomic E-state index is 13.1. The van der Waals surface area contributed by atoms with Crippen LogP contribution in [-0.4, -0.2) is 33.9 Å². The molecule has 0 fully saturated rings. The normalized spacial score (nSPS) is 10.2. The zero-order valence-electron chi connectivity index (χ0n) is 13.1. The Balaban J connectivity index is 0.00000156. The number of aromatic amines is 1. The van der Waals surface area contributed by atoms with E-state index in [1.165, 1.54) is 23.5 Å². The van der Waals surface area contributed by atoms with Crippen LogP contribution in [0.2, 0.25) is 0 Å². The van der Waals surface area contributed by atoms with Crippen molar-refractivity contribution >= 4 is 53.1 Å². The molecule has 0 aliphatic heterocycles. The molecule has 1 amide bonds. The molecule has 0 bridgehead atoms. The minimum absolute atomic E-state index is 0. The molecule has 0 radical (unpaired) electrons. The van der Waals surface area contributed by atoms with Crippen LogP contribution < -0.4 is 11.1 Å². The number of hydrogen-bond donors (Lipinski definition) is 3. The van der Waals surface area contributed by atoms with Crippen LogP contribution in [0.25, 0.3) is 11.0 Å². The molecule has 3 aromatic rings. The van der Waals surface area contributed by atoms with Crippen molar-refractivity contribution in [3.05, 3.63) is 45.9 Å². The Hall–Kier alpha value is -1.74. The summed E-state index contributed by atoms with van der Waals surface area (Å²) in [7, 11) is 0. The molecule has 0 saturated carbocycles. The van der Waals surface area contributed by atoms with Crippen LogP contribution in [0.3, 0.4) is 0 Å². The number of carbonyl (C=O) groups excluding carboxylic acids is 1. The predicted molar refractivity (Wildman–Crippen MR) is 101 cm³/mol. The standard InChI is InChI=1S/C15H16FN5OS.2ClH/c16-9-1-2-10-11(7-9)20-13(19-10)4-6-18-15(22)12-8-23-14(21-12)3-5-17;;/h1-2,7-8H,3-6,17H2,(H,18,22)(H,19,20);2*1H. The topological polar surface area (TPSA) is 96.7 Å². The van der Waals surface area contributed by atoms with Gasteiger partial charge < -0.3 is 16.0 Å². The maximum Gasteiger partial charge on any atom is 0.270 e. The van der Waals surface area contributed by atoms with Gasteiger partial charge in [0.15, 0.2) is 0 Å². The Labute approximate surface area is 160 Å². The highest BCUT2D eigenvalue weighted by atomic mass is 35.5. The predicted octanol–water partition coefficient (Wildman–Crippen LogP) is 2.48. The molecule has 2 heterocycles. The number of hydrogen-bond acceptors (Lipinski definition) is 5. The van der Waals surface area contributed by atoms with E-state index in [1.54, 1.807) is 11.4 Å². The van der Waals surface area contributed by atoms with Gasteiger partial charge in [-0.3, -0.25) is 4.79 Å². The van der Waals surface area contributed by atoms with E-state index in [1.807, 2.05) is 0 Å². The van der Waals surface area contributed by atoms with Crippen molar-refractivity contribution < 1.29 is 9.18 Å². The highest BCUT2D eigenvalue weighted by molar-refractivity contribution is 7.09. The summed E-state index contributed by atoms with van der Waals surface area (Å²) < 4.78 is 13.1. The van der Waals surface area contributed by atoms with Crippen molar-refractivity contribution in [2.75, 3.05) is 13.1 Å². The molecular weight excluding hydrogens is 388 g/mol. The lowest BCUT2D eigenvalue weighted by Gasteiger charge is -2.01. The third-order valence-corrected chi connectivity index (χ3v) is 4.19. The highest BCUT2D eigenvalue weighted by Crippen LogP contribution is 2.13. The second-order valence-corrected chi connectivity index (χ2v) is 5.96. The summed E-state index contributed by atoms with van der Waals surface area (Å²) in [6.45, 7) is 0.937. The van der Waals surface area contributed by atoms with Crippen LogP contribution in [0.5, 0.6) is 0 Å². The number of nitrogens with two attached hydrogens (primary N) is 1. The number of nitrogens with zero attached hydrogens (tertiary/aromatic N) is 2. The third-order valence-electron chi connectivity index (χ3n) is 3.28. The Morgan fingerprint density at radius 3 is 2.84 bits per heavy atom. The number of amides is 1. The largest absolute Gasteiger partial charge is 0.350 e. The van der Waals surface area contributed by atoms with E-state index >= 15 is 0 Å². The number of halogens is 3. The first kappa shape index (κ1) is 21.3. The summed E-state index contributed by atoms with van der Waals surface area (Å²) in [5.41, 5.74) is 7.23. The van der Waals surface area contributed by atoms with Crippen molar-refractivity contribution in [2.24, 2.45) is 5.73 Å². The van der Waals surface area contributed by atoms with Gasteiger partial charge in [0.05, 0.1) is 16.0 Å². The molecule has 0 aliphatic rings. The number of benzene rings is 1. The number of imidazole rings is 1. The van der Waals surface area contributed by atoms with E-state index in [9.17, 15) is 9.18 Å². The average molecular weight is 406 g/mol. The van der Waals surface area contributed by atoms with E-state index in [2.05, 4.69) is 20.3 Å². The van der Waals surface area contributed by atoms with Crippen LogP contribution in [0.15, 0.2) is 23.6 Å². The number of H-pyrrole nitrogens is 1. The number of thiazole rings is 1. The monoisotopic (exact) mass is 405 g/mol. The zero-order valence-corrected chi connectivity index (χ0v) is 15.6. The Morgan fingerprint density at radius 2 is 2.08 bits per heavy atom. The lowest BCUT2D eigenvalue weighted by Crippen LogP contribution is -2.26. The summed E-state index contributed by atoms with van der Waals surface area (Å²) in [4.78, 5) is 23.6. The van der Waals surface area contributed by atoms with Gasteiger partial charge in [-0.2, -0.15) is 0 Å². The zero-order chi connectivity index (χ0) is 16.2. The lowest BCUT2D eigenvalue weighted by atomic mass is 10.3. The van der Waals surface area contributed by atoms with Crippen molar-refractivity contribution in [3.63, 3.8) is 0 Å². The summed E-state index contributed by atoms with van der Waals surface area (Å²) in [6, 6.07) is 4.39. The van der Waals surface area contributed by atoms with Gasteiger partial charge >= 0.3 is 0 Å². The van der Waals surface area contributed by atoms with E-state index in [0.29, 0.717) is 48.5 Å². The smallest absolute Gasteiger partial charge is 0.270 e. The van der Waals surface area contributed by atoms with Crippen molar-refractivity contribution in [1.82, 2.24) is 20.3 Å². The molecule has 6 nitrogen and oxygen atoms in total. The average Bonchev–Trinajstić information content (AvgIpc) is 3.13. The van der Waals surface area contributed by atoms with Crippen molar-refractivity contribution in [2.45, 2.75) is 12.8 Å². The van der Waals surface area contributed by atoms with E-state index in [4.69, 9.17) is 5.73 Å². The Bertz CT molecular complexity index is 838. The summed E-state index contributed by atoms with van der Waals surface area (Å²) >= 11 is 1.43. The first-order valence-corrected chi connectivity index (χ1v) is 8.10. The fourth-order valence-corrected chi connectivity index (χ4v) is 2.99. The fourth-order valence-electron chi connectivity index (χ4n) is 2.19. The molecule has 0 spiro atoms. The molecule has 1 aromatic carbocycles. The molecule has 3 rings (SSSR count). The van der Waals surface area contributed by atoms with Crippen LogP contribution in [0.4, 0.5) is 4.39 Å². The van der Waals surface area contributed by atoms with Crippen LogP contribution in [0, 0.1) is 5.82 Å². The van der Waals surface area contributed by atoms with Gasteiger partial charge in [0, 0.05) is 24.8 Å². The minimum atomic E-state index is -0.308. The molecular formula is C15H18Cl2FN5OS. The minimum Gasteiger partial charge on any atom is -0.350 e. The number of rotatable bonds is 6. The SMILES string of the molecule is Cl.Cl.NCCc1nc(C(=O)NCCc2nc3ccc(F)cc3[nH]2)cs1. The maximum atomic E-state index is 13.1. The first-order chi connectivity index (χ1) is 11.2. The molecule has 4 N–H and O–H groups in total. The van der Waals surface area contributed by atoms with E-state index < -0.39 is 0 Å². The van der Waals surface area contributed by atoms with Gasteiger partial charge in [0.1, 0.15) is 17.3 Å². The van der Waals surface area contributed by atoms with Gasteiger partial charge in [-0.15, -0.1) is 36.2 Å². The fraction of sp³-hybridized carbons (Fsp3) is 0.267. The van der Waals surface area contributed by atoms with Gasteiger partial charge in [-0.05, 0) is 24.7 Å².